The maximum Gasteiger partial charge on any atom is 0.262 e. The molecule has 4 aromatic rings. The number of nitrogens with one attached hydrogen (secondary N) is 1. The molecule has 4 nitrogen and oxygen atoms in total. The van der Waals surface area contributed by atoms with Gasteiger partial charge in [0.2, 0.25) is 0 Å². The van der Waals surface area contributed by atoms with Crippen LogP contribution in [0.2, 0.25) is 0 Å². The third-order valence-corrected chi connectivity index (χ3v) is 5.34. The molecule has 130 valence electrons. The van der Waals surface area contributed by atoms with Crippen LogP contribution in [0.1, 0.15) is 0 Å². The van der Waals surface area contributed by atoms with Gasteiger partial charge in [-0.2, -0.15) is 0 Å². The van der Waals surface area contributed by atoms with Crippen LogP contribution in [-0.2, 0) is 10.0 Å². The first-order valence-electron chi connectivity index (χ1n) is 7.90. The van der Waals surface area contributed by atoms with Crippen molar-refractivity contribution in [3.05, 3.63) is 84.7 Å². The lowest BCUT2D eigenvalue weighted by atomic mass is 10.1. The topological polar surface area (TPSA) is 59.3 Å². The van der Waals surface area contributed by atoms with Crippen molar-refractivity contribution in [3.63, 3.8) is 0 Å². The molecule has 0 bridgehead atoms. The molecule has 0 unspecified atom stereocenters. The van der Waals surface area contributed by atoms with Gasteiger partial charge in [-0.25, -0.2) is 12.8 Å². The van der Waals surface area contributed by atoms with E-state index < -0.39 is 15.8 Å². The lowest BCUT2D eigenvalue weighted by Gasteiger charge is -2.09. The number of halogens is 1. The van der Waals surface area contributed by atoms with E-state index in [-0.39, 0.29) is 10.6 Å². The summed E-state index contributed by atoms with van der Waals surface area (Å²) in [5.41, 5.74) is 1.31. The second-order valence-electron chi connectivity index (χ2n) is 5.73. The van der Waals surface area contributed by atoms with Crippen LogP contribution < -0.4 is 4.72 Å². The summed E-state index contributed by atoms with van der Waals surface area (Å²) in [4.78, 5) is 0.116. The second kappa shape index (κ2) is 6.31. The maximum absolute atomic E-state index is 13.8. The number of anilines is 1. The highest BCUT2D eigenvalue weighted by Gasteiger charge is 2.22. The summed E-state index contributed by atoms with van der Waals surface area (Å²) in [5.74, 6) is -0.135. The molecule has 1 aromatic heterocycles. The van der Waals surface area contributed by atoms with E-state index in [2.05, 4.69) is 4.72 Å². The lowest BCUT2D eigenvalue weighted by molar-refractivity contribution is 0.600. The monoisotopic (exact) mass is 367 g/mol. The molecule has 0 spiro atoms. The van der Waals surface area contributed by atoms with E-state index in [0.717, 1.165) is 0 Å². The van der Waals surface area contributed by atoms with Crippen LogP contribution in [-0.4, -0.2) is 8.42 Å². The van der Waals surface area contributed by atoms with E-state index in [1.54, 1.807) is 30.3 Å². The van der Waals surface area contributed by atoms with E-state index in [4.69, 9.17) is 4.42 Å². The van der Waals surface area contributed by atoms with E-state index in [0.29, 0.717) is 22.3 Å². The van der Waals surface area contributed by atoms with Gasteiger partial charge in [0.1, 0.15) is 17.1 Å². The largest absolute Gasteiger partial charge is 0.454 e. The number of fused-ring (bicyclic) bond motifs is 1. The molecule has 0 aliphatic rings. The van der Waals surface area contributed by atoms with Crippen molar-refractivity contribution in [3.8, 4) is 11.3 Å². The summed E-state index contributed by atoms with van der Waals surface area (Å²) in [6, 6.07) is 21.1. The van der Waals surface area contributed by atoms with E-state index in [1.165, 1.54) is 30.3 Å². The van der Waals surface area contributed by atoms with Gasteiger partial charge in [-0.05, 0) is 30.3 Å². The molecule has 0 atom stereocenters. The van der Waals surface area contributed by atoms with Gasteiger partial charge in [0.05, 0.1) is 4.90 Å². The minimum atomic E-state index is -3.85. The van der Waals surface area contributed by atoms with Crippen LogP contribution in [0.25, 0.3) is 22.3 Å². The minimum Gasteiger partial charge on any atom is -0.454 e. The highest BCUT2D eigenvalue weighted by molar-refractivity contribution is 7.92. The summed E-state index contributed by atoms with van der Waals surface area (Å²) in [6.45, 7) is 0. The third kappa shape index (κ3) is 2.95. The maximum atomic E-state index is 13.8. The number of sulfonamides is 1. The molecule has 0 radical (unpaired) electrons. The van der Waals surface area contributed by atoms with Crippen molar-refractivity contribution < 1.29 is 17.2 Å². The lowest BCUT2D eigenvalue weighted by Crippen LogP contribution is -2.13. The normalized spacial score (nSPS) is 11.6. The van der Waals surface area contributed by atoms with Crippen LogP contribution in [0, 0.1) is 5.82 Å². The predicted molar refractivity (Wildman–Crippen MR) is 98.9 cm³/mol. The molecule has 6 heteroatoms. The average Bonchev–Trinajstić information content (AvgIpc) is 3.00. The Morgan fingerprint density at radius 1 is 0.846 bits per heavy atom. The Bertz CT molecular complexity index is 1170. The quantitative estimate of drug-likeness (QED) is 0.550. The zero-order valence-electron chi connectivity index (χ0n) is 13.5. The Labute approximate surface area is 149 Å². The Kier molecular flexibility index (Phi) is 3.97. The number of hydrogen-bond donors (Lipinski definition) is 1. The number of hydrogen-bond acceptors (Lipinski definition) is 3. The van der Waals surface area contributed by atoms with Crippen molar-refractivity contribution in [2.75, 3.05) is 4.72 Å². The molecule has 0 saturated carbocycles. The van der Waals surface area contributed by atoms with Gasteiger partial charge in [0, 0.05) is 10.9 Å². The van der Waals surface area contributed by atoms with E-state index in [1.807, 2.05) is 18.2 Å². The van der Waals surface area contributed by atoms with Crippen LogP contribution in [0.5, 0.6) is 0 Å². The third-order valence-electron chi connectivity index (χ3n) is 3.98. The standard InChI is InChI=1S/C20H14FNO3S/c21-15-11-12-18-17(13-15)19(20(25-18)14-7-3-1-4-8-14)22-26(23,24)16-9-5-2-6-10-16/h1-13,22H. The summed E-state index contributed by atoms with van der Waals surface area (Å²) >= 11 is 0. The minimum absolute atomic E-state index is 0.116. The fraction of sp³-hybridized carbons (Fsp3) is 0. The molecule has 0 fully saturated rings. The highest BCUT2D eigenvalue weighted by Crippen LogP contribution is 2.39. The first-order valence-corrected chi connectivity index (χ1v) is 9.38. The van der Waals surface area contributed by atoms with Crippen molar-refractivity contribution in [2.24, 2.45) is 0 Å². The molecule has 0 aliphatic carbocycles. The Hall–Kier alpha value is -3.12. The molecule has 3 aromatic carbocycles. The summed E-state index contributed by atoms with van der Waals surface area (Å²) in [6.07, 6.45) is 0. The zero-order chi connectivity index (χ0) is 18.1. The van der Waals surface area contributed by atoms with Gasteiger partial charge in [-0.1, -0.05) is 48.5 Å². The molecular weight excluding hydrogens is 353 g/mol. The van der Waals surface area contributed by atoms with E-state index >= 15 is 0 Å². The van der Waals surface area contributed by atoms with Crippen LogP contribution >= 0.6 is 0 Å². The van der Waals surface area contributed by atoms with Gasteiger partial charge >= 0.3 is 0 Å². The van der Waals surface area contributed by atoms with Crippen LogP contribution in [0.4, 0.5) is 10.1 Å². The van der Waals surface area contributed by atoms with E-state index in [9.17, 15) is 12.8 Å². The van der Waals surface area contributed by atoms with Crippen molar-refractivity contribution in [1.82, 2.24) is 0 Å². The summed E-state index contributed by atoms with van der Waals surface area (Å²) < 4.78 is 47.7. The second-order valence-corrected chi connectivity index (χ2v) is 7.41. The number of benzene rings is 3. The first-order chi connectivity index (χ1) is 12.5. The summed E-state index contributed by atoms with van der Waals surface area (Å²) in [5, 5.41) is 0.364. The van der Waals surface area contributed by atoms with Gasteiger partial charge in [0.15, 0.2) is 5.76 Å². The molecule has 0 saturated heterocycles. The number of rotatable bonds is 4. The molecule has 4 rings (SSSR count). The molecule has 1 heterocycles. The Morgan fingerprint density at radius 3 is 2.19 bits per heavy atom. The van der Waals surface area contributed by atoms with Crippen molar-refractivity contribution in [2.45, 2.75) is 4.90 Å². The van der Waals surface area contributed by atoms with Crippen LogP contribution in [0.3, 0.4) is 0 Å². The van der Waals surface area contributed by atoms with Gasteiger partial charge in [-0.3, -0.25) is 4.72 Å². The Balaban J connectivity index is 1.92. The van der Waals surface area contributed by atoms with Crippen molar-refractivity contribution in [1.29, 1.82) is 0 Å². The average molecular weight is 367 g/mol. The van der Waals surface area contributed by atoms with Gasteiger partial charge in [0.25, 0.3) is 10.0 Å². The Morgan fingerprint density at radius 2 is 1.50 bits per heavy atom. The number of furan rings is 1. The highest BCUT2D eigenvalue weighted by atomic mass is 32.2. The van der Waals surface area contributed by atoms with Gasteiger partial charge < -0.3 is 4.42 Å². The fourth-order valence-corrected chi connectivity index (χ4v) is 3.86. The van der Waals surface area contributed by atoms with Crippen LogP contribution in [0.15, 0.2) is 88.2 Å². The smallest absolute Gasteiger partial charge is 0.262 e. The molecule has 0 amide bonds. The molecule has 1 N–H and O–H groups in total. The first kappa shape index (κ1) is 16.4. The predicted octanol–water partition coefficient (Wildman–Crippen LogP) is 5.04. The molecular formula is C20H14FNO3S. The fourth-order valence-electron chi connectivity index (χ4n) is 2.76. The molecule has 26 heavy (non-hydrogen) atoms. The summed E-state index contributed by atoms with van der Waals surface area (Å²) in [7, 11) is -3.85. The SMILES string of the molecule is O=S(=O)(Nc1c(-c2ccccc2)oc2ccc(F)cc12)c1ccccc1. The molecule has 0 aliphatic heterocycles. The van der Waals surface area contributed by atoms with Crippen molar-refractivity contribution >= 4 is 26.7 Å². The van der Waals surface area contributed by atoms with Gasteiger partial charge in [-0.15, -0.1) is 0 Å². The zero-order valence-corrected chi connectivity index (χ0v) is 14.3.